The maximum Gasteiger partial charge on any atom is 0.338 e. The van der Waals surface area contributed by atoms with Crippen LogP contribution in [-0.4, -0.2) is 74.7 Å². The number of carbonyl (C=O) groups excluding carboxylic acids is 1. The zero-order chi connectivity index (χ0) is 28.8. The number of rotatable bonds is 9. The van der Waals surface area contributed by atoms with E-state index in [0.29, 0.717) is 81.2 Å². The topological polar surface area (TPSA) is 120 Å². The van der Waals surface area contributed by atoms with Gasteiger partial charge >= 0.3 is 11.5 Å². The molecule has 2 aliphatic rings. The zero-order valence-electron chi connectivity index (χ0n) is 23.2. The number of anilines is 1. The molecule has 3 aromatic rings. The highest BCUT2D eigenvalue weighted by Gasteiger charge is 2.30. The smallest absolute Gasteiger partial charge is 0.338 e. The summed E-state index contributed by atoms with van der Waals surface area (Å²) in [5.41, 5.74) is 2.31. The number of ether oxygens (including phenoxy) is 2. The first-order valence-corrected chi connectivity index (χ1v) is 15.4. The van der Waals surface area contributed by atoms with Gasteiger partial charge < -0.3 is 24.0 Å². The summed E-state index contributed by atoms with van der Waals surface area (Å²) in [5.74, 6) is 0.243. The normalized spacial score (nSPS) is 20.4. The zero-order valence-corrected chi connectivity index (χ0v) is 24.0. The molecule has 2 aromatic carbocycles. The van der Waals surface area contributed by atoms with Gasteiger partial charge in [0, 0.05) is 30.0 Å². The van der Waals surface area contributed by atoms with Crippen LogP contribution in [0.3, 0.4) is 0 Å². The van der Waals surface area contributed by atoms with Crippen LogP contribution < -0.4 is 15.2 Å². The van der Waals surface area contributed by atoms with Crippen molar-refractivity contribution in [3.05, 3.63) is 82.3 Å². The molecule has 2 heterocycles. The maximum absolute atomic E-state index is 13.7. The third kappa shape index (κ3) is 7.10. The number of aromatic nitrogens is 2. The molecule has 11 heteroatoms. The number of aliphatic hydroxyl groups is 1. The molecule has 1 aliphatic heterocycles. The van der Waals surface area contributed by atoms with Gasteiger partial charge in [0.25, 0.3) is 0 Å². The van der Waals surface area contributed by atoms with Crippen molar-refractivity contribution in [2.24, 2.45) is 0 Å². The summed E-state index contributed by atoms with van der Waals surface area (Å²) in [6.07, 6.45) is 3.86. The number of benzene rings is 2. The molecule has 1 atom stereocenters. The first-order valence-electron chi connectivity index (χ1n) is 14.1. The minimum absolute atomic E-state index is 0.152. The highest BCUT2D eigenvalue weighted by Crippen LogP contribution is 2.30. The monoisotopic (exact) mass is 580 g/mol. The molecular weight excluding hydrogens is 544 g/mol. The Morgan fingerprint density at radius 2 is 1.71 bits per heavy atom. The molecule has 1 saturated carbocycles. The fraction of sp³-hybridized carbons (Fsp3) is 0.433. The Hall–Kier alpha value is -3.38. The molecule has 5 rings (SSSR count). The Morgan fingerprint density at radius 1 is 1.02 bits per heavy atom. The third-order valence-electron chi connectivity index (χ3n) is 7.47. The molecule has 1 N–H and O–H groups in total. The second-order valence-corrected chi connectivity index (χ2v) is 11.7. The van der Waals surface area contributed by atoms with Crippen LogP contribution in [0.15, 0.2) is 65.6 Å². The van der Waals surface area contributed by atoms with Gasteiger partial charge in [0.15, 0.2) is 5.75 Å². The Balaban J connectivity index is 1.27. The molecule has 218 valence electrons. The van der Waals surface area contributed by atoms with Gasteiger partial charge in [0.05, 0.1) is 49.4 Å². The summed E-state index contributed by atoms with van der Waals surface area (Å²) < 4.78 is 27.8. The number of hydrogen-bond donors (Lipinski definition) is 1. The number of carbonyl (C=O) groups is 1. The van der Waals surface area contributed by atoms with Crippen LogP contribution in [-0.2, 0) is 21.9 Å². The van der Waals surface area contributed by atoms with Crippen molar-refractivity contribution >= 4 is 23.0 Å². The summed E-state index contributed by atoms with van der Waals surface area (Å²) in [5, 5.41) is 14.4. The van der Waals surface area contributed by atoms with E-state index in [-0.39, 0.29) is 29.5 Å². The standard InChI is InChI=1S/C30H36N4O6S/c1-2-39-30(37)23-10-8-22(9-11-23)21-41(38)33-18-16-32(17-19-33)27-20-31-34(24-6-4-3-5-7-24)29(36)28(27)40-26-14-12-25(35)13-15-26/h3-11,20,25-26,35H,2,12-19,21H2,1H3. The van der Waals surface area contributed by atoms with Crippen molar-refractivity contribution in [3.63, 3.8) is 0 Å². The Kier molecular flexibility index (Phi) is 9.60. The number of aliphatic hydroxyl groups excluding tert-OH is 1. The van der Waals surface area contributed by atoms with Crippen LogP contribution in [0.1, 0.15) is 48.5 Å². The number of hydrogen-bond acceptors (Lipinski definition) is 9. The molecule has 0 radical (unpaired) electrons. The second kappa shape index (κ2) is 13.5. The molecule has 1 aliphatic carbocycles. The van der Waals surface area contributed by atoms with E-state index < -0.39 is 11.4 Å². The minimum Gasteiger partial charge on any atom is -0.598 e. The number of piperazine rings is 1. The van der Waals surface area contributed by atoms with Gasteiger partial charge in [-0.05, 0) is 56.9 Å². The number of para-hydroxylation sites is 1. The molecule has 1 saturated heterocycles. The first-order chi connectivity index (χ1) is 19.9. The van der Waals surface area contributed by atoms with Crippen molar-refractivity contribution in [3.8, 4) is 11.4 Å². The summed E-state index contributed by atoms with van der Waals surface area (Å²) in [7, 11) is 0. The second-order valence-electron chi connectivity index (χ2n) is 10.3. The Bertz CT molecular complexity index is 1350. The quantitative estimate of drug-likeness (QED) is 0.301. The van der Waals surface area contributed by atoms with E-state index in [4.69, 9.17) is 9.47 Å². The Labute approximate surface area is 242 Å². The van der Waals surface area contributed by atoms with E-state index in [1.165, 1.54) is 4.68 Å². The fourth-order valence-electron chi connectivity index (χ4n) is 5.17. The van der Waals surface area contributed by atoms with Gasteiger partial charge in [0.2, 0.25) is 5.75 Å². The predicted octanol–water partition coefficient (Wildman–Crippen LogP) is 3.08. The van der Waals surface area contributed by atoms with Crippen LogP contribution in [0.2, 0.25) is 0 Å². The van der Waals surface area contributed by atoms with Crippen LogP contribution >= 0.6 is 0 Å². The lowest BCUT2D eigenvalue weighted by molar-refractivity contribution is 0.0526. The minimum atomic E-state index is -1.24. The fourth-order valence-corrected chi connectivity index (χ4v) is 6.40. The van der Waals surface area contributed by atoms with Crippen molar-refractivity contribution in [2.75, 3.05) is 37.7 Å². The molecule has 0 amide bonds. The number of esters is 1. The molecule has 10 nitrogen and oxygen atoms in total. The molecular formula is C30H36N4O6S. The van der Waals surface area contributed by atoms with Gasteiger partial charge in [-0.2, -0.15) is 9.78 Å². The maximum atomic E-state index is 13.7. The highest BCUT2D eigenvalue weighted by atomic mass is 32.2. The highest BCUT2D eigenvalue weighted by molar-refractivity contribution is 7.88. The van der Waals surface area contributed by atoms with Crippen molar-refractivity contribution in [1.82, 2.24) is 14.1 Å². The van der Waals surface area contributed by atoms with Gasteiger partial charge in [0.1, 0.15) is 5.69 Å². The van der Waals surface area contributed by atoms with Gasteiger partial charge in [-0.1, -0.05) is 30.3 Å². The van der Waals surface area contributed by atoms with Crippen LogP contribution in [0, 0.1) is 0 Å². The number of nitrogens with zero attached hydrogens (tertiary/aromatic N) is 4. The van der Waals surface area contributed by atoms with Gasteiger partial charge in [-0.15, -0.1) is 4.31 Å². The summed E-state index contributed by atoms with van der Waals surface area (Å²) in [6, 6.07) is 16.3. The van der Waals surface area contributed by atoms with Crippen molar-refractivity contribution in [2.45, 2.75) is 50.6 Å². The van der Waals surface area contributed by atoms with Crippen molar-refractivity contribution < 1.29 is 23.9 Å². The Morgan fingerprint density at radius 3 is 2.37 bits per heavy atom. The van der Waals surface area contributed by atoms with Crippen molar-refractivity contribution in [1.29, 1.82) is 0 Å². The molecule has 2 fully saturated rings. The van der Waals surface area contributed by atoms with Gasteiger partial charge in [-0.3, -0.25) is 4.79 Å². The first kappa shape index (κ1) is 29.1. The van der Waals surface area contributed by atoms with E-state index in [2.05, 4.69) is 10.00 Å². The van der Waals surface area contributed by atoms with Gasteiger partial charge in [-0.25, -0.2) is 4.79 Å². The average Bonchev–Trinajstić information content (AvgIpc) is 3.00. The SMILES string of the molecule is CCOC(=O)c1ccc(C[S+]([O-])N2CCN(c3cnn(-c4ccccc4)c(=O)c3OC3CCC(O)CC3)CC2)cc1. The molecule has 0 bridgehead atoms. The molecule has 41 heavy (non-hydrogen) atoms. The van der Waals surface area contributed by atoms with Crippen LogP contribution in [0.4, 0.5) is 5.69 Å². The molecule has 1 aromatic heterocycles. The van der Waals surface area contributed by atoms with E-state index >= 15 is 0 Å². The lowest BCUT2D eigenvalue weighted by Crippen LogP contribution is -2.49. The lowest BCUT2D eigenvalue weighted by Gasteiger charge is -2.36. The summed E-state index contributed by atoms with van der Waals surface area (Å²) in [4.78, 5) is 27.6. The van der Waals surface area contributed by atoms with E-state index in [1.54, 1.807) is 25.3 Å². The van der Waals surface area contributed by atoms with E-state index in [0.717, 1.165) is 5.56 Å². The average molecular weight is 581 g/mol. The predicted molar refractivity (Wildman–Crippen MR) is 157 cm³/mol. The summed E-state index contributed by atoms with van der Waals surface area (Å²) >= 11 is -1.24. The van der Waals surface area contributed by atoms with E-state index in [1.807, 2.05) is 46.8 Å². The van der Waals surface area contributed by atoms with E-state index in [9.17, 15) is 19.2 Å². The third-order valence-corrected chi connectivity index (χ3v) is 8.99. The largest absolute Gasteiger partial charge is 0.598 e. The summed E-state index contributed by atoms with van der Waals surface area (Å²) in [6.45, 7) is 4.29. The van der Waals surface area contributed by atoms with Crippen LogP contribution in [0.5, 0.6) is 5.75 Å². The van der Waals surface area contributed by atoms with Crippen LogP contribution in [0.25, 0.3) is 5.69 Å². The molecule has 0 spiro atoms. The lowest BCUT2D eigenvalue weighted by atomic mass is 9.95. The molecule has 1 unspecified atom stereocenters.